The number of carbonyl (C=O) groups is 3. The molecule has 8 heteroatoms. The summed E-state index contributed by atoms with van der Waals surface area (Å²) in [5, 5.41) is 10.5. The van der Waals surface area contributed by atoms with Crippen LogP contribution in [0.2, 0.25) is 0 Å². The molecular weight excluding hydrogens is 448 g/mol. The Morgan fingerprint density at radius 1 is 1.06 bits per heavy atom. The highest BCUT2D eigenvalue weighted by Crippen LogP contribution is 2.58. The van der Waals surface area contributed by atoms with Gasteiger partial charge in [0, 0.05) is 12.1 Å². The SMILES string of the molecule is CC(C)(C)N1CC=C[C@]23O[C@@]4(C)C=CCOC(=O)[C@H]4[C@H]2C(=O)N([C@H](CO)c2ccccc2)C3C1=O. The number of aliphatic hydroxyl groups excluding tert-OH is 1. The van der Waals surface area contributed by atoms with Crippen LogP contribution in [0, 0.1) is 11.8 Å². The number of esters is 1. The summed E-state index contributed by atoms with van der Waals surface area (Å²) in [5.41, 5.74) is -2.31. The van der Waals surface area contributed by atoms with E-state index < -0.39 is 52.5 Å². The molecular formula is C27H32N2O6. The number of carbonyl (C=O) groups excluding carboxylic acids is 3. The van der Waals surface area contributed by atoms with Crippen molar-refractivity contribution in [2.75, 3.05) is 19.8 Å². The van der Waals surface area contributed by atoms with E-state index in [0.29, 0.717) is 12.1 Å². The summed E-state index contributed by atoms with van der Waals surface area (Å²) < 4.78 is 12.1. The molecule has 0 radical (unpaired) electrons. The Kier molecular flexibility index (Phi) is 5.45. The van der Waals surface area contributed by atoms with Gasteiger partial charge in [0.2, 0.25) is 11.8 Å². The topological polar surface area (TPSA) is 96.4 Å². The average molecular weight is 481 g/mol. The minimum Gasteiger partial charge on any atom is -0.461 e. The number of hydrogen-bond donors (Lipinski definition) is 1. The van der Waals surface area contributed by atoms with Crippen molar-refractivity contribution >= 4 is 17.8 Å². The summed E-state index contributed by atoms with van der Waals surface area (Å²) >= 11 is 0. The van der Waals surface area contributed by atoms with Crippen LogP contribution >= 0.6 is 0 Å². The van der Waals surface area contributed by atoms with Crippen molar-refractivity contribution in [3.63, 3.8) is 0 Å². The van der Waals surface area contributed by atoms with Gasteiger partial charge in [0.25, 0.3) is 0 Å². The number of nitrogens with zero attached hydrogens (tertiary/aromatic N) is 2. The number of hydrogen-bond acceptors (Lipinski definition) is 6. The van der Waals surface area contributed by atoms with Crippen LogP contribution in [-0.4, -0.2) is 75.2 Å². The van der Waals surface area contributed by atoms with E-state index in [2.05, 4.69) is 0 Å². The zero-order valence-electron chi connectivity index (χ0n) is 20.5. The Labute approximate surface area is 205 Å². The van der Waals surface area contributed by atoms with Gasteiger partial charge in [-0.15, -0.1) is 0 Å². The Balaban J connectivity index is 1.72. The molecule has 2 fully saturated rings. The molecule has 8 nitrogen and oxygen atoms in total. The van der Waals surface area contributed by atoms with Crippen LogP contribution in [0.25, 0.3) is 0 Å². The van der Waals surface area contributed by atoms with Crippen molar-refractivity contribution < 1.29 is 29.0 Å². The molecule has 4 heterocycles. The second kappa shape index (κ2) is 8.03. The molecule has 4 aliphatic rings. The predicted octanol–water partition coefficient (Wildman–Crippen LogP) is 2.00. The van der Waals surface area contributed by atoms with Crippen molar-refractivity contribution in [3.05, 3.63) is 60.2 Å². The summed E-state index contributed by atoms with van der Waals surface area (Å²) in [5.74, 6) is -3.08. The van der Waals surface area contributed by atoms with Gasteiger partial charge in [0.1, 0.15) is 24.2 Å². The second-order valence-corrected chi connectivity index (χ2v) is 10.9. The van der Waals surface area contributed by atoms with Gasteiger partial charge < -0.3 is 24.4 Å². The van der Waals surface area contributed by atoms with Gasteiger partial charge in [-0.3, -0.25) is 14.4 Å². The molecule has 0 aliphatic carbocycles. The van der Waals surface area contributed by atoms with E-state index in [1.165, 1.54) is 4.90 Å². The third-order valence-corrected chi connectivity index (χ3v) is 7.75. The zero-order valence-corrected chi connectivity index (χ0v) is 20.5. The fourth-order valence-corrected chi connectivity index (χ4v) is 6.26. The maximum absolute atomic E-state index is 14.3. The fraction of sp³-hybridized carbons (Fsp3) is 0.519. The van der Waals surface area contributed by atoms with E-state index in [1.54, 1.807) is 30.1 Å². The molecule has 0 aromatic heterocycles. The lowest BCUT2D eigenvalue weighted by atomic mass is 9.74. The van der Waals surface area contributed by atoms with E-state index >= 15 is 0 Å². The molecule has 186 valence electrons. The Hall–Kier alpha value is -2.97. The molecule has 2 saturated heterocycles. The lowest BCUT2D eigenvalue weighted by molar-refractivity contribution is -0.161. The molecule has 1 unspecified atom stereocenters. The number of rotatable bonds is 3. The highest BCUT2D eigenvalue weighted by molar-refractivity contribution is 5.99. The molecule has 1 spiro atoms. The minimum atomic E-state index is -1.38. The van der Waals surface area contributed by atoms with Crippen LogP contribution in [-0.2, 0) is 23.9 Å². The van der Waals surface area contributed by atoms with Crippen LogP contribution in [0.15, 0.2) is 54.6 Å². The molecule has 1 aromatic rings. The highest BCUT2D eigenvalue weighted by Gasteiger charge is 2.75. The molecule has 1 N–H and O–H groups in total. The predicted molar refractivity (Wildman–Crippen MR) is 127 cm³/mol. The van der Waals surface area contributed by atoms with Crippen molar-refractivity contribution in [2.45, 2.75) is 56.5 Å². The van der Waals surface area contributed by atoms with E-state index in [9.17, 15) is 19.5 Å². The zero-order chi connectivity index (χ0) is 25.2. The maximum atomic E-state index is 14.3. The number of benzene rings is 1. The number of cyclic esters (lactones) is 1. The average Bonchev–Trinajstić information content (AvgIpc) is 3.05. The van der Waals surface area contributed by atoms with Crippen LogP contribution in [0.3, 0.4) is 0 Å². The molecule has 35 heavy (non-hydrogen) atoms. The molecule has 0 bridgehead atoms. The van der Waals surface area contributed by atoms with Crippen molar-refractivity contribution in [2.24, 2.45) is 11.8 Å². The van der Waals surface area contributed by atoms with Gasteiger partial charge in [-0.2, -0.15) is 0 Å². The van der Waals surface area contributed by atoms with Crippen LogP contribution in [0.1, 0.15) is 39.3 Å². The number of likely N-dealkylation sites (tertiary alicyclic amines) is 1. The molecule has 2 amide bonds. The lowest BCUT2D eigenvalue weighted by Gasteiger charge is -2.43. The summed E-state index contributed by atoms with van der Waals surface area (Å²) in [6.45, 7) is 7.66. The van der Waals surface area contributed by atoms with Crippen LogP contribution < -0.4 is 0 Å². The Morgan fingerprint density at radius 2 is 1.77 bits per heavy atom. The summed E-state index contributed by atoms with van der Waals surface area (Å²) in [7, 11) is 0. The largest absolute Gasteiger partial charge is 0.461 e. The van der Waals surface area contributed by atoms with Gasteiger partial charge in [0.15, 0.2) is 0 Å². The number of amides is 2. The van der Waals surface area contributed by atoms with Gasteiger partial charge in [-0.1, -0.05) is 48.6 Å². The van der Waals surface area contributed by atoms with Gasteiger partial charge in [-0.05, 0) is 39.3 Å². The van der Waals surface area contributed by atoms with E-state index in [0.717, 1.165) is 0 Å². The van der Waals surface area contributed by atoms with Gasteiger partial charge in [-0.25, -0.2) is 0 Å². The highest BCUT2D eigenvalue weighted by atomic mass is 16.6. The second-order valence-electron chi connectivity index (χ2n) is 10.9. The van der Waals surface area contributed by atoms with Crippen molar-refractivity contribution in [1.82, 2.24) is 9.80 Å². The molecule has 5 rings (SSSR count). The summed E-state index contributed by atoms with van der Waals surface area (Å²) in [6.07, 6.45) is 7.14. The van der Waals surface area contributed by atoms with Crippen LogP contribution in [0.5, 0.6) is 0 Å². The van der Waals surface area contributed by atoms with E-state index in [-0.39, 0.29) is 19.1 Å². The van der Waals surface area contributed by atoms with E-state index in [4.69, 9.17) is 9.47 Å². The number of ether oxygens (including phenoxy) is 2. The quantitative estimate of drug-likeness (QED) is 0.525. The first-order chi connectivity index (χ1) is 16.5. The first kappa shape index (κ1) is 23.8. The van der Waals surface area contributed by atoms with Crippen LogP contribution in [0.4, 0.5) is 0 Å². The molecule has 6 atom stereocenters. The molecule has 4 aliphatic heterocycles. The normalized spacial score (nSPS) is 35.2. The van der Waals surface area contributed by atoms with Gasteiger partial charge >= 0.3 is 5.97 Å². The van der Waals surface area contributed by atoms with Crippen molar-refractivity contribution in [1.29, 1.82) is 0 Å². The third kappa shape index (κ3) is 3.37. The van der Waals surface area contributed by atoms with E-state index in [1.807, 2.05) is 57.2 Å². The number of aliphatic hydroxyl groups is 1. The van der Waals surface area contributed by atoms with Gasteiger partial charge in [0.05, 0.1) is 24.2 Å². The van der Waals surface area contributed by atoms with Crippen molar-refractivity contribution in [3.8, 4) is 0 Å². The fourth-order valence-electron chi connectivity index (χ4n) is 6.26. The number of fused-ring (bicyclic) bond motifs is 2. The summed E-state index contributed by atoms with van der Waals surface area (Å²) in [6, 6.07) is 7.31. The Morgan fingerprint density at radius 3 is 2.43 bits per heavy atom. The first-order valence-corrected chi connectivity index (χ1v) is 12.1. The Bertz CT molecular complexity index is 1110. The summed E-state index contributed by atoms with van der Waals surface area (Å²) in [4.78, 5) is 44.9. The minimum absolute atomic E-state index is 0.102. The monoisotopic (exact) mass is 480 g/mol. The smallest absolute Gasteiger partial charge is 0.313 e. The third-order valence-electron chi connectivity index (χ3n) is 7.75. The maximum Gasteiger partial charge on any atom is 0.313 e. The molecule has 0 saturated carbocycles. The first-order valence-electron chi connectivity index (χ1n) is 12.1. The standard InChI is InChI=1S/C27H32N2O6/c1-25(2,3)28-14-8-13-27-19(20-24(33)34-15-9-12-26(20,4)35-27)22(31)29(21(27)23(28)32)18(16-30)17-10-6-5-7-11-17/h5-13,18-21,30H,14-16H2,1-4H3/t18-,19+,20-,21?,26+,27+/m1/s1. The lowest BCUT2D eigenvalue weighted by Crippen LogP contribution is -2.59. The molecule has 1 aromatic carbocycles.